The Morgan fingerprint density at radius 3 is 2.10 bits per heavy atom. The van der Waals surface area contributed by atoms with E-state index in [4.69, 9.17) is 0 Å². The van der Waals surface area contributed by atoms with Gasteiger partial charge in [-0.05, 0) is 50.1 Å². The zero-order valence-electron chi connectivity index (χ0n) is 13.7. The predicted octanol–water partition coefficient (Wildman–Crippen LogP) is 6.29. The Morgan fingerprint density at radius 1 is 1.10 bits per heavy atom. The fraction of sp³-hybridized carbons (Fsp3) is 0.333. The Morgan fingerprint density at radius 2 is 1.65 bits per heavy atom. The minimum atomic E-state index is 1.00. The van der Waals surface area contributed by atoms with Crippen LogP contribution in [-0.2, 0) is 0 Å². The molecule has 112 valence electrons. The first kappa shape index (κ1) is 20.9. The summed E-state index contributed by atoms with van der Waals surface area (Å²) >= 11 is 1.59. The molecule has 2 heteroatoms. The Bertz CT molecular complexity index is 388. The normalized spacial score (nSPS) is 10.0. The summed E-state index contributed by atoms with van der Waals surface area (Å²) in [4.78, 5) is 1.19. The third kappa shape index (κ3) is 10.5. The average Bonchev–Trinajstić information content (AvgIpc) is 2.53. The molecule has 1 nitrogen and oxygen atoms in total. The van der Waals surface area contributed by atoms with Crippen LogP contribution in [0.4, 0.5) is 0 Å². The van der Waals surface area contributed by atoms with Gasteiger partial charge >= 0.3 is 0 Å². The third-order valence-corrected chi connectivity index (χ3v) is 2.84. The van der Waals surface area contributed by atoms with Crippen molar-refractivity contribution in [2.24, 2.45) is 0 Å². The zero-order chi connectivity index (χ0) is 15.8. The van der Waals surface area contributed by atoms with Crippen LogP contribution >= 0.6 is 11.9 Å². The number of allylic oxidation sites excluding steroid dienone is 4. The highest BCUT2D eigenvalue weighted by Crippen LogP contribution is 2.16. The molecule has 0 unspecified atom stereocenters. The summed E-state index contributed by atoms with van der Waals surface area (Å²) in [5, 5.41) is 0. The summed E-state index contributed by atoms with van der Waals surface area (Å²) in [6, 6.07) is 8.41. The molecule has 0 radical (unpaired) electrons. The van der Waals surface area contributed by atoms with Crippen LogP contribution in [-0.4, -0.2) is 0 Å². The van der Waals surface area contributed by atoms with Crippen molar-refractivity contribution >= 4 is 11.9 Å². The van der Waals surface area contributed by atoms with Crippen molar-refractivity contribution in [2.75, 3.05) is 0 Å². The molecular weight excluding hydrogens is 262 g/mol. The standard InChI is InChI=1S/C14H17NS.2C2H6/c1-4-6-7-13(5-2)15-16-14-10-8-12(3)9-11-14;2*1-2/h4-11,15H,2H2,1,3H3;2*1-2H3/b6-4-,13-7+;;. The Labute approximate surface area is 130 Å². The van der Waals surface area contributed by atoms with Crippen molar-refractivity contribution in [3.63, 3.8) is 0 Å². The molecule has 0 saturated carbocycles. The second-order valence-corrected chi connectivity index (χ2v) is 4.25. The van der Waals surface area contributed by atoms with E-state index in [9.17, 15) is 0 Å². The van der Waals surface area contributed by atoms with E-state index in [1.165, 1.54) is 10.5 Å². The highest BCUT2D eigenvalue weighted by atomic mass is 32.2. The van der Waals surface area contributed by atoms with E-state index >= 15 is 0 Å². The molecule has 0 aliphatic rings. The molecule has 0 heterocycles. The monoisotopic (exact) mass is 291 g/mol. The maximum Gasteiger partial charge on any atom is 0.0437 e. The van der Waals surface area contributed by atoms with Gasteiger partial charge in [-0.15, -0.1) is 0 Å². The first-order valence-electron chi connectivity index (χ1n) is 7.21. The van der Waals surface area contributed by atoms with E-state index in [1.807, 2.05) is 52.8 Å². The van der Waals surface area contributed by atoms with Crippen molar-refractivity contribution < 1.29 is 0 Å². The lowest BCUT2D eigenvalue weighted by Gasteiger charge is -2.05. The summed E-state index contributed by atoms with van der Waals surface area (Å²) in [6.45, 7) is 15.8. The molecule has 1 rings (SSSR count). The Balaban J connectivity index is 0. The van der Waals surface area contributed by atoms with Crippen LogP contribution < -0.4 is 4.72 Å². The van der Waals surface area contributed by atoms with Crippen molar-refractivity contribution in [3.05, 3.63) is 66.4 Å². The van der Waals surface area contributed by atoms with Gasteiger partial charge in [-0.25, -0.2) is 0 Å². The van der Waals surface area contributed by atoms with Gasteiger partial charge in [0.05, 0.1) is 0 Å². The molecule has 1 aromatic rings. The highest BCUT2D eigenvalue weighted by molar-refractivity contribution is 7.97. The van der Waals surface area contributed by atoms with Gasteiger partial charge < -0.3 is 4.72 Å². The number of hydrogen-bond donors (Lipinski definition) is 1. The van der Waals surface area contributed by atoms with Gasteiger partial charge in [-0.2, -0.15) is 0 Å². The first-order valence-corrected chi connectivity index (χ1v) is 8.03. The van der Waals surface area contributed by atoms with E-state index < -0.39 is 0 Å². The number of rotatable bonds is 5. The molecule has 20 heavy (non-hydrogen) atoms. The van der Waals surface area contributed by atoms with Gasteiger partial charge in [0.15, 0.2) is 0 Å². The predicted molar refractivity (Wildman–Crippen MR) is 96.0 cm³/mol. The summed E-state index contributed by atoms with van der Waals surface area (Å²) in [5.41, 5.74) is 2.28. The summed E-state index contributed by atoms with van der Waals surface area (Å²) in [5.74, 6) is 0. The van der Waals surface area contributed by atoms with Crippen molar-refractivity contribution in [2.45, 2.75) is 46.4 Å². The molecular formula is C18H29NS. The molecule has 0 amide bonds. The van der Waals surface area contributed by atoms with Crippen LogP contribution in [0, 0.1) is 6.92 Å². The van der Waals surface area contributed by atoms with Crippen LogP contribution in [0.25, 0.3) is 0 Å². The quantitative estimate of drug-likeness (QED) is 0.505. The van der Waals surface area contributed by atoms with Crippen molar-refractivity contribution in [1.29, 1.82) is 0 Å². The lowest BCUT2D eigenvalue weighted by atomic mass is 10.2. The highest BCUT2D eigenvalue weighted by Gasteiger charge is 1.94. The van der Waals surface area contributed by atoms with Crippen LogP contribution in [0.5, 0.6) is 0 Å². The Hall–Kier alpha value is -1.41. The molecule has 1 aromatic carbocycles. The van der Waals surface area contributed by atoms with Crippen LogP contribution in [0.3, 0.4) is 0 Å². The molecule has 0 spiro atoms. The molecule has 0 bridgehead atoms. The van der Waals surface area contributed by atoms with E-state index in [0.717, 1.165) is 5.70 Å². The minimum absolute atomic E-state index is 1.00. The van der Waals surface area contributed by atoms with E-state index in [2.05, 4.69) is 42.5 Å². The van der Waals surface area contributed by atoms with E-state index in [1.54, 1.807) is 18.0 Å². The molecule has 0 aliphatic carbocycles. The maximum atomic E-state index is 3.76. The van der Waals surface area contributed by atoms with Gasteiger partial charge in [-0.3, -0.25) is 0 Å². The van der Waals surface area contributed by atoms with Crippen LogP contribution in [0.1, 0.15) is 40.2 Å². The van der Waals surface area contributed by atoms with E-state index in [0.29, 0.717) is 0 Å². The van der Waals surface area contributed by atoms with Crippen LogP contribution in [0.15, 0.2) is 65.7 Å². The summed E-state index contributed by atoms with van der Waals surface area (Å²) in [7, 11) is 0. The van der Waals surface area contributed by atoms with Gasteiger partial charge in [0.1, 0.15) is 0 Å². The smallest absolute Gasteiger partial charge is 0.0437 e. The minimum Gasteiger partial charge on any atom is -0.326 e. The van der Waals surface area contributed by atoms with Crippen molar-refractivity contribution in [3.8, 4) is 0 Å². The van der Waals surface area contributed by atoms with Gasteiger partial charge in [0.25, 0.3) is 0 Å². The second-order valence-electron chi connectivity index (χ2n) is 3.37. The number of benzene rings is 1. The molecule has 0 atom stereocenters. The average molecular weight is 292 g/mol. The summed E-state index contributed by atoms with van der Waals surface area (Å²) < 4.78 is 3.25. The maximum absolute atomic E-state index is 3.76. The lowest BCUT2D eigenvalue weighted by Crippen LogP contribution is -1.99. The van der Waals surface area contributed by atoms with E-state index in [-0.39, 0.29) is 0 Å². The lowest BCUT2D eigenvalue weighted by molar-refractivity contribution is 1.26. The molecule has 0 fully saturated rings. The molecule has 0 saturated heterocycles. The summed E-state index contributed by atoms with van der Waals surface area (Å²) in [6.07, 6.45) is 7.77. The third-order valence-electron chi connectivity index (χ3n) is 2.00. The molecule has 1 N–H and O–H groups in total. The second kappa shape index (κ2) is 15.6. The van der Waals surface area contributed by atoms with Crippen LogP contribution in [0.2, 0.25) is 0 Å². The van der Waals surface area contributed by atoms with Gasteiger partial charge in [0, 0.05) is 10.6 Å². The zero-order valence-corrected chi connectivity index (χ0v) is 14.6. The number of hydrogen-bond acceptors (Lipinski definition) is 2. The van der Waals surface area contributed by atoms with Gasteiger partial charge in [0.2, 0.25) is 0 Å². The number of aryl methyl sites for hydroxylation is 1. The first-order chi connectivity index (χ1) is 9.76. The fourth-order valence-electron chi connectivity index (χ4n) is 1.07. The molecule has 0 aliphatic heterocycles. The SMILES string of the molecule is C=C/C(=C\C=C/C)NSc1ccc(C)cc1.CC.CC. The fourth-order valence-corrected chi connectivity index (χ4v) is 1.73. The number of nitrogens with one attached hydrogen (secondary N) is 1. The van der Waals surface area contributed by atoms with Crippen molar-refractivity contribution in [1.82, 2.24) is 4.72 Å². The topological polar surface area (TPSA) is 12.0 Å². The van der Waals surface area contributed by atoms with Gasteiger partial charge in [-0.1, -0.05) is 64.1 Å². The molecule has 0 aromatic heterocycles. The largest absolute Gasteiger partial charge is 0.326 e. The Kier molecular flexibility index (Phi) is 16.3.